The summed E-state index contributed by atoms with van der Waals surface area (Å²) in [5.41, 5.74) is -0.0422. The van der Waals surface area contributed by atoms with Crippen molar-refractivity contribution in [2.45, 2.75) is 45.3 Å². The molecule has 2 rings (SSSR count). The molecule has 0 aromatic carbocycles. The maximum absolute atomic E-state index is 11.7. The minimum Gasteiger partial charge on any atom is -0.393 e. The van der Waals surface area contributed by atoms with Crippen LogP contribution in [0.2, 0.25) is 0 Å². The van der Waals surface area contributed by atoms with Crippen LogP contribution in [-0.2, 0) is 0 Å². The zero-order valence-electron chi connectivity index (χ0n) is 9.76. The molecule has 0 spiro atoms. The number of aromatic nitrogens is 2. The van der Waals surface area contributed by atoms with Crippen molar-refractivity contribution in [3.8, 4) is 0 Å². The van der Waals surface area contributed by atoms with Crippen LogP contribution < -0.4 is 5.56 Å². The summed E-state index contributed by atoms with van der Waals surface area (Å²) in [5.74, 6) is 0. The molecular formula is C12H18N2O2. The molecule has 0 bridgehead atoms. The number of aliphatic hydroxyl groups is 1. The van der Waals surface area contributed by atoms with Gasteiger partial charge >= 0.3 is 0 Å². The van der Waals surface area contributed by atoms with Gasteiger partial charge in [-0.25, -0.2) is 0 Å². The lowest BCUT2D eigenvalue weighted by molar-refractivity contribution is 0.0328. The molecule has 2 unspecified atom stereocenters. The molecule has 0 radical (unpaired) electrons. The van der Waals surface area contributed by atoms with Crippen LogP contribution in [0.15, 0.2) is 23.4 Å². The Morgan fingerprint density at radius 2 is 2.31 bits per heavy atom. The zero-order chi connectivity index (χ0) is 11.8. The van der Waals surface area contributed by atoms with Crippen molar-refractivity contribution in [3.05, 3.63) is 28.9 Å². The third-order valence-corrected chi connectivity index (χ3v) is 3.61. The lowest BCUT2D eigenvalue weighted by atomic mass is 9.72. The molecule has 1 heterocycles. The van der Waals surface area contributed by atoms with Crippen molar-refractivity contribution in [2.24, 2.45) is 5.41 Å². The minimum atomic E-state index is -0.293. The molecule has 4 nitrogen and oxygen atoms in total. The summed E-state index contributed by atoms with van der Waals surface area (Å²) in [7, 11) is 0. The second-order valence-corrected chi connectivity index (χ2v) is 5.25. The molecule has 16 heavy (non-hydrogen) atoms. The number of aliphatic hydroxyl groups excluding tert-OH is 1. The van der Waals surface area contributed by atoms with Crippen molar-refractivity contribution < 1.29 is 5.11 Å². The molecule has 0 amide bonds. The SMILES string of the molecule is CC1(C)CCC(O)CC1n1ccncc1=O. The van der Waals surface area contributed by atoms with E-state index in [1.807, 2.05) is 0 Å². The van der Waals surface area contributed by atoms with Gasteiger partial charge in [-0.2, -0.15) is 0 Å². The predicted molar refractivity (Wildman–Crippen MR) is 61.2 cm³/mol. The van der Waals surface area contributed by atoms with Crippen LogP contribution in [0.25, 0.3) is 0 Å². The lowest BCUT2D eigenvalue weighted by Crippen LogP contribution is -2.40. The number of hydrogen-bond acceptors (Lipinski definition) is 3. The van der Waals surface area contributed by atoms with Crippen LogP contribution in [0, 0.1) is 5.41 Å². The minimum absolute atomic E-state index is 0.0460. The summed E-state index contributed by atoms with van der Waals surface area (Å²) < 4.78 is 1.70. The summed E-state index contributed by atoms with van der Waals surface area (Å²) in [6, 6.07) is 0.0618. The summed E-state index contributed by atoms with van der Waals surface area (Å²) in [6.45, 7) is 4.30. The third-order valence-electron chi connectivity index (χ3n) is 3.61. The molecule has 0 aliphatic heterocycles. The second-order valence-electron chi connectivity index (χ2n) is 5.25. The maximum atomic E-state index is 11.7. The molecule has 1 aromatic rings. The first-order chi connectivity index (χ1) is 7.50. The van der Waals surface area contributed by atoms with Crippen molar-refractivity contribution >= 4 is 0 Å². The van der Waals surface area contributed by atoms with Gasteiger partial charge in [-0.05, 0) is 24.7 Å². The quantitative estimate of drug-likeness (QED) is 0.780. The summed E-state index contributed by atoms with van der Waals surface area (Å²) >= 11 is 0. The smallest absolute Gasteiger partial charge is 0.269 e. The van der Waals surface area contributed by atoms with Crippen LogP contribution >= 0.6 is 0 Å². The monoisotopic (exact) mass is 222 g/mol. The van der Waals surface area contributed by atoms with Crippen molar-refractivity contribution in [2.75, 3.05) is 0 Å². The molecular weight excluding hydrogens is 204 g/mol. The van der Waals surface area contributed by atoms with E-state index in [1.54, 1.807) is 17.0 Å². The van der Waals surface area contributed by atoms with Crippen molar-refractivity contribution in [1.29, 1.82) is 0 Å². The molecule has 88 valence electrons. The van der Waals surface area contributed by atoms with Crippen LogP contribution in [-0.4, -0.2) is 20.8 Å². The second kappa shape index (κ2) is 4.01. The largest absolute Gasteiger partial charge is 0.393 e. The highest BCUT2D eigenvalue weighted by Crippen LogP contribution is 2.42. The number of nitrogens with zero attached hydrogens (tertiary/aromatic N) is 2. The van der Waals surface area contributed by atoms with Gasteiger partial charge in [0.2, 0.25) is 0 Å². The molecule has 1 aromatic heterocycles. The Morgan fingerprint density at radius 3 is 3.00 bits per heavy atom. The van der Waals surface area contributed by atoms with Crippen LogP contribution in [0.5, 0.6) is 0 Å². The third kappa shape index (κ3) is 2.02. The lowest BCUT2D eigenvalue weighted by Gasteiger charge is -2.41. The standard InChI is InChI=1S/C12H18N2O2/c1-12(2)4-3-9(15)7-10(12)14-6-5-13-8-11(14)16/h5-6,8-10,15H,3-4,7H2,1-2H3. The number of hydrogen-bond donors (Lipinski definition) is 1. The Kier molecular flexibility index (Phi) is 2.84. The zero-order valence-corrected chi connectivity index (χ0v) is 9.76. The van der Waals surface area contributed by atoms with Gasteiger partial charge in [-0.1, -0.05) is 13.8 Å². The molecule has 1 aliphatic carbocycles. The summed E-state index contributed by atoms with van der Waals surface area (Å²) in [6.07, 6.45) is 6.79. The Hall–Kier alpha value is -1.16. The Balaban J connectivity index is 2.38. The molecule has 1 fully saturated rings. The molecule has 4 heteroatoms. The Morgan fingerprint density at radius 1 is 1.56 bits per heavy atom. The Bertz CT molecular complexity index is 425. The first-order valence-corrected chi connectivity index (χ1v) is 5.71. The fourth-order valence-corrected chi connectivity index (χ4v) is 2.50. The number of rotatable bonds is 1. The fourth-order valence-electron chi connectivity index (χ4n) is 2.50. The topological polar surface area (TPSA) is 55.1 Å². The van der Waals surface area contributed by atoms with Crippen LogP contribution in [0.4, 0.5) is 0 Å². The molecule has 1 N–H and O–H groups in total. The highest BCUT2D eigenvalue weighted by Gasteiger charge is 2.37. The van der Waals surface area contributed by atoms with E-state index in [-0.39, 0.29) is 23.1 Å². The molecule has 0 saturated heterocycles. The van der Waals surface area contributed by atoms with Crippen molar-refractivity contribution in [3.63, 3.8) is 0 Å². The van der Waals surface area contributed by atoms with Gasteiger partial charge in [0.25, 0.3) is 5.56 Å². The van der Waals surface area contributed by atoms with Gasteiger partial charge in [0.05, 0.1) is 12.3 Å². The fraction of sp³-hybridized carbons (Fsp3) is 0.667. The molecule has 1 saturated carbocycles. The average Bonchev–Trinajstić information content (AvgIpc) is 2.23. The summed E-state index contributed by atoms with van der Waals surface area (Å²) in [4.78, 5) is 15.5. The van der Waals surface area contributed by atoms with Gasteiger partial charge < -0.3 is 9.67 Å². The molecule has 2 atom stereocenters. The van der Waals surface area contributed by atoms with E-state index < -0.39 is 0 Å². The van der Waals surface area contributed by atoms with Gasteiger partial charge in [-0.3, -0.25) is 9.78 Å². The van der Waals surface area contributed by atoms with E-state index in [2.05, 4.69) is 18.8 Å². The van der Waals surface area contributed by atoms with E-state index in [9.17, 15) is 9.90 Å². The van der Waals surface area contributed by atoms with Crippen LogP contribution in [0.1, 0.15) is 39.2 Å². The van der Waals surface area contributed by atoms with Crippen molar-refractivity contribution in [1.82, 2.24) is 9.55 Å². The summed E-state index contributed by atoms with van der Waals surface area (Å²) in [5, 5.41) is 9.73. The maximum Gasteiger partial charge on any atom is 0.269 e. The molecule has 1 aliphatic rings. The van der Waals surface area contributed by atoms with Crippen LogP contribution in [0.3, 0.4) is 0 Å². The van der Waals surface area contributed by atoms with E-state index in [1.165, 1.54) is 6.20 Å². The van der Waals surface area contributed by atoms with E-state index in [4.69, 9.17) is 0 Å². The van der Waals surface area contributed by atoms with E-state index in [0.29, 0.717) is 6.42 Å². The highest BCUT2D eigenvalue weighted by atomic mass is 16.3. The first kappa shape index (κ1) is 11.3. The average molecular weight is 222 g/mol. The normalized spacial score (nSPS) is 28.9. The van der Waals surface area contributed by atoms with E-state index in [0.717, 1.165) is 12.8 Å². The highest BCUT2D eigenvalue weighted by molar-refractivity contribution is 4.94. The Labute approximate surface area is 95.0 Å². The van der Waals surface area contributed by atoms with Gasteiger partial charge in [0.1, 0.15) is 0 Å². The van der Waals surface area contributed by atoms with Gasteiger partial charge in [0.15, 0.2) is 0 Å². The van der Waals surface area contributed by atoms with E-state index >= 15 is 0 Å². The first-order valence-electron chi connectivity index (χ1n) is 5.71. The van der Waals surface area contributed by atoms with Gasteiger partial charge in [-0.15, -0.1) is 0 Å². The predicted octanol–water partition coefficient (Wildman–Crippen LogP) is 1.36. The van der Waals surface area contributed by atoms with Gasteiger partial charge in [0, 0.05) is 18.4 Å².